The van der Waals surface area contributed by atoms with Crippen LogP contribution in [-0.2, 0) is 0 Å². The molecule has 0 bridgehead atoms. The Morgan fingerprint density at radius 3 is 2.94 bits per heavy atom. The van der Waals surface area contributed by atoms with Gasteiger partial charge in [-0.3, -0.25) is 4.79 Å². The van der Waals surface area contributed by atoms with Gasteiger partial charge in [-0.25, -0.2) is 0 Å². The average Bonchev–Trinajstić information content (AvgIpc) is 2.29. The molecule has 2 rings (SSSR count). The van der Waals surface area contributed by atoms with Gasteiger partial charge in [0.1, 0.15) is 0 Å². The first kappa shape index (κ1) is 12.6. The van der Waals surface area contributed by atoms with E-state index in [0.29, 0.717) is 22.9 Å². The van der Waals surface area contributed by atoms with E-state index in [9.17, 15) is 4.79 Å². The van der Waals surface area contributed by atoms with Crippen LogP contribution >= 0.6 is 11.6 Å². The molecule has 3 heteroatoms. The largest absolute Gasteiger partial charge is 0.306 e. The summed E-state index contributed by atoms with van der Waals surface area (Å²) in [7, 11) is 2.12. The normalized spacial score (nSPS) is 21.4. The topological polar surface area (TPSA) is 20.3 Å². The van der Waals surface area contributed by atoms with Gasteiger partial charge < -0.3 is 4.90 Å². The minimum absolute atomic E-state index is 0.177. The highest BCUT2D eigenvalue weighted by molar-refractivity contribution is 6.33. The van der Waals surface area contributed by atoms with E-state index in [0.717, 1.165) is 19.5 Å². The van der Waals surface area contributed by atoms with E-state index >= 15 is 0 Å². The molecule has 1 aromatic carbocycles. The maximum atomic E-state index is 12.1. The summed E-state index contributed by atoms with van der Waals surface area (Å²) >= 11 is 6.03. The molecule has 0 aliphatic carbocycles. The van der Waals surface area contributed by atoms with Crippen molar-refractivity contribution < 1.29 is 4.79 Å². The van der Waals surface area contributed by atoms with Crippen LogP contribution in [0.2, 0.25) is 5.02 Å². The van der Waals surface area contributed by atoms with Gasteiger partial charge in [0.15, 0.2) is 5.78 Å². The fourth-order valence-corrected chi connectivity index (χ4v) is 2.74. The van der Waals surface area contributed by atoms with E-state index in [2.05, 4.69) is 11.9 Å². The Bertz CT molecular complexity index is 405. The zero-order chi connectivity index (χ0) is 12.3. The van der Waals surface area contributed by atoms with Gasteiger partial charge in [0.25, 0.3) is 0 Å². The van der Waals surface area contributed by atoms with Crippen LogP contribution in [0.1, 0.15) is 29.6 Å². The molecule has 1 atom stereocenters. The van der Waals surface area contributed by atoms with E-state index in [1.165, 1.54) is 6.42 Å². The molecular formula is C14H18ClNO. The number of nitrogens with zero attached hydrogens (tertiary/aromatic N) is 1. The zero-order valence-electron chi connectivity index (χ0n) is 10.2. The Morgan fingerprint density at radius 2 is 2.24 bits per heavy atom. The summed E-state index contributed by atoms with van der Waals surface area (Å²) < 4.78 is 0. The lowest BCUT2D eigenvalue weighted by Gasteiger charge is -2.29. The number of piperidine rings is 1. The van der Waals surface area contributed by atoms with Gasteiger partial charge in [0, 0.05) is 18.5 Å². The third-order valence-corrected chi connectivity index (χ3v) is 3.70. The van der Waals surface area contributed by atoms with Crippen molar-refractivity contribution in [1.29, 1.82) is 0 Å². The fourth-order valence-electron chi connectivity index (χ4n) is 2.50. The smallest absolute Gasteiger partial charge is 0.164 e. The lowest BCUT2D eigenvalue weighted by molar-refractivity contribution is 0.0930. The van der Waals surface area contributed by atoms with Crippen molar-refractivity contribution in [2.75, 3.05) is 20.1 Å². The highest BCUT2D eigenvalue weighted by Gasteiger charge is 2.21. The van der Waals surface area contributed by atoms with Crippen molar-refractivity contribution >= 4 is 17.4 Å². The van der Waals surface area contributed by atoms with Gasteiger partial charge in [-0.1, -0.05) is 23.7 Å². The third kappa shape index (κ3) is 3.30. The Labute approximate surface area is 108 Å². The number of hydrogen-bond donors (Lipinski definition) is 0. The number of Topliss-reactive ketones (excluding diaryl/α,β-unsaturated/α-hetero) is 1. The van der Waals surface area contributed by atoms with Crippen LogP contribution in [0.25, 0.3) is 0 Å². The van der Waals surface area contributed by atoms with E-state index in [1.807, 2.05) is 18.2 Å². The minimum Gasteiger partial charge on any atom is -0.306 e. The summed E-state index contributed by atoms with van der Waals surface area (Å²) in [5.74, 6) is 0.661. The second-order valence-corrected chi connectivity index (χ2v) is 5.28. The highest BCUT2D eigenvalue weighted by atomic mass is 35.5. The predicted molar refractivity (Wildman–Crippen MR) is 70.6 cm³/mol. The Balaban J connectivity index is 1.99. The van der Waals surface area contributed by atoms with Gasteiger partial charge in [0.05, 0.1) is 5.02 Å². The molecule has 1 aromatic rings. The molecule has 17 heavy (non-hydrogen) atoms. The summed E-state index contributed by atoms with van der Waals surface area (Å²) in [6.07, 6.45) is 2.96. The Morgan fingerprint density at radius 1 is 1.47 bits per heavy atom. The van der Waals surface area contributed by atoms with Crippen molar-refractivity contribution in [3.8, 4) is 0 Å². The van der Waals surface area contributed by atoms with Gasteiger partial charge in [-0.05, 0) is 44.5 Å². The zero-order valence-corrected chi connectivity index (χ0v) is 10.9. The summed E-state index contributed by atoms with van der Waals surface area (Å²) in [6, 6.07) is 7.32. The van der Waals surface area contributed by atoms with Gasteiger partial charge in [0.2, 0.25) is 0 Å². The summed E-state index contributed by atoms with van der Waals surface area (Å²) in [5, 5.41) is 0.571. The monoisotopic (exact) mass is 251 g/mol. The molecule has 2 nitrogen and oxygen atoms in total. The third-order valence-electron chi connectivity index (χ3n) is 3.37. The molecule has 1 saturated heterocycles. The number of benzene rings is 1. The number of rotatable bonds is 3. The van der Waals surface area contributed by atoms with Crippen LogP contribution < -0.4 is 0 Å². The van der Waals surface area contributed by atoms with E-state index in [1.54, 1.807) is 6.07 Å². The first-order valence-corrected chi connectivity index (χ1v) is 6.51. The minimum atomic E-state index is 0.177. The Kier molecular flexibility index (Phi) is 4.19. The molecule has 0 N–H and O–H groups in total. The predicted octanol–water partition coefficient (Wildman–Crippen LogP) is 3.25. The lowest BCUT2D eigenvalue weighted by Crippen LogP contribution is -2.33. The van der Waals surface area contributed by atoms with Crippen molar-refractivity contribution in [2.45, 2.75) is 19.3 Å². The van der Waals surface area contributed by atoms with Gasteiger partial charge in [-0.15, -0.1) is 0 Å². The van der Waals surface area contributed by atoms with Crippen LogP contribution in [0.15, 0.2) is 24.3 Å². The molecule has 0 saturated carbocycles. The molecule has 0 radical (unpaired) electrons. The standard InChI is InChI=1S/C14H18ClNO/c1-16-8-4-5-11(10-16)9-14(17)12-6-2-3-7-13(12)15/h2-3,6-7,11H,4-5,8-10H2,1H3. The molecule has 92 valence electrons. The molecular weight excluding hydrogens is 234 g/mol. The molecule has 1 heterocycles. The van der Waals surface area contributed by atoms with E-state index < -0.39 is 0 Å². The maximum absolute atomic E-state index is 12.1. The fraction of sp³-hybridized carbons (Fsp3) is 0.500. The average molecular weight is 252 g/mol. The van der Waals surface area contributed by atoms with Crippen LogP contribution in [0.5, 0.6) is 0 Å². The van der Waals surface area contributed by atoms with Crippen LogP contribution in [0.4, 0.5) is 0 Å². The van der Waals surface area contributed by atoms with Crippen molar-refractivity contribution in [3.05, 3.63) is 34.9 Å². The van der Waals surface area contributed by atoms with Crippen LogP contribution in [-0.4, -0.2) is 30.8 Å². The molecule has 1 fully saturated rings. The second-order valence-electron chi connectivity index (χ2n) is 4.88. The molecule has 0 amide bonds. The quantitative estimate of drug-likeness (QED) is 0.769. The van der Waals surface area contributed by atoms with Gasteiger partial charge >= 0.3 is 0 Å². The van der Waals surface area contributed by atoms with Gasteiger partial charge in [-0.2, -0.15) is 0 Å². The first-order valence-electron chi connectivity index (χ1n) is 6.13. The van der Waals surface area contributed by atoms with Crippen molar-refractivity contribution in [3.63, 3.8) is 0 Å². The van der Waals surface area contributed by atoms with E-state index in [-0.39, 0.29) is 5.78 Å². The SMILES string of the molecule is CN1CCCC(CC(=O)c2ccccc2Cl)C1. The number of likely N-dealkylation sites (tertiary alicyclic amines) is 1. The number of ketones is 1. The van der Waals surface area contributed by atoms with Crippen LogP contribution in [0, 0.1) is 5.92 Å². The number of carbonyl (C=O) groups is 1. The summed E-state index contributed by atoms with van der Waals surface area (Å²) in [6.45, 7) is 2.17. The number of halogens is 1. The lowest BCUT2D eigenvalue weighted by atomic mass is 9.91. The summed E-state index contributed by atoms with van der Waals surface area (Å²) in [4.78, 5) is 14.4. The summed E-state index contributed by atoms with van der Waals surface area (Å²) in [5.41, 5.74) is 0.669. The number of hydrogen-bond acceptors (Lipinski definition) is 2. The molecule has 0 spiro atoms. The molecule has 0 aromatic heterocycles. The molecule has 1 unspecified atom stereocenters. The second kappa shape index (κ2) is 5.65. The van der Waals surface area contributed by atoms with Crippen molar-refractivity contribution in [1.82, 2.24) is 4.90 Å². The van der Waals surface area contributed by atoms with Crippen LogP contribution in [0.3, 0.4) is 0 Å². The Hall–Kier alpha value is -0.860. The van der Waals surface area contributed by atoms with Crippen molar-refractivity contribution in [2.24, 2.45) is 5.92 Å². The first-order chi connectivity index (χ1) is 8.16. The highest BCUT2D eigenvalue weighted by Crippen LogP contribution is 2.23. The van der Waals surface area contributed by atoms with E-state index in [4.69, 9.17) is 11.6 Å². The maximum Gasteiger partial charge on any atom is 0.164 e. The number of carbonyl (C=O) groups excluding carboxylic acids is 1. The molecule has 1 aliphatic heterocycles. The molecule has 1 aliphatic rings.